The van der Waals surface area contributed by atoms with Crippen molar-refractivity contribution in [3.63, 3.8) is 0 Å². The lowest BCUT2D eigenvalue weighted by Gasteiger charge is -2.24. The molecule has 4 heterocycles. The van der Waals surface area contributed by atoms with E-state index in [4.69, 9.17) is 30.4 Å². The predicted molar refractivity (Wildman–Crippen MR) is 98.5 cm³/mol. The van der Waals surface area contributed by atoms with E-state index in [1.807, 2.05) is 0 Å². The van der Waals surface area contributed by atoms with Crippen molar-refractivity contribution < 1.29 is 28.5 Å². The van der Waals surface area contributed by atoms with Gasteiger partial charge in [0.05, 0.1) is 5.69 Å². The molecule has 5 atom stereocenters. The number of fused-ring (bicyclic) bond motifs is 2. The van der Waals surface area contributed by atoms with E-state index in [2.05, 4.69) is 16.2 Å². The highest BCUT2D eigenvalue weighted by Crippen LogP contribution is 2.46. The highest BCUT2D eigenvalue weighted by molar-refractivity contribution is 5.75. The molecule has 2 fully saturated rings. The first-order valence-electron chi connectivity index (χ1n) is 9.25. The molecule has 0 radical (unpaired) electrons. The van der Waals surface area contributed by atoms with Crippen molar-refractivity contribution in [1.29, 1.82) is 5.26 Å². The highest BCUT2D eigenvalue weighted by Gasteiger charge is 2.65. The molecule has 2 aromatic rings. The van der Waals surface area contributed by atoms with Crippen LogP contribution in [0.2, 0.25) is 0 Å². The summed E-state index contributed by atoms with van der Waals surface area (Å²) in [6, 6.07) is 4.45. The highest BCUT2D eigenvalue weighted by atomic mass is 16.8. The molecular formula is C18H20N6O6. The fourth-order valence-electron chi connectivity index (χ4n) is 3.58. The quantitative estimate of drug-likeness (QED) is 0.620. The molecule has 2 aliphatic rings. The molecule has 0 aromatic carbocycles. The van der Waals surface area contributed by atoms with E-state index < -0.39 is 42.1 Å². The number of nitrogens with two attached hydrogens (primary N) is 2. The number of nitriles is 1. The van der Waals surface area contributed by atoms with Crippen LogP contribution in [0.15, 0.2) is 18.5 Å². The van der Waals surface area contributed by atoms with E-state index in [9.17, 15) is 14.9 Å². The van der Waals surface area contributed by atoms with Crippen molar-refractivity contribution in [2.24, 2.45) is 11.7 Å². The maximum atomic E-state index is 12.1. The summed E-state index contributed by atoms with van der Waals surface area (Å²) >= 11 is 0. The summed E-state index contributed by atoms with van der Waals surface area (Å²) in [4.78, 5) is 27.9. The van der Waals surface area contributed by atoms with Gasteiger partial charge in [0, 0.05) is 0 Å². The number of nitrogen functional groups attached to an aromatic ring is 1. The SMILES string of the molecule is CC(C)C(N)C(=O)OC[C@H]1O[C@@](C#N)(c2ccc3c(N)ncnn23)[C@@H]2OC(=O)O[C@@H]21. The zero-order valence-corrected chi connectivity index (χ0v) is 16.2. The number of carbonyl (C=O) groups is 2. The zero-order valence-electron chi connectivity index (χ0n) is 16.2. The van der Waals surface area contributed by atoms with E-state index in [0.717, 1.165) is 0 Å². The number of esters is 1. The number of nitrogens with zero attached hydrogens (tertiary/aromatic N) is 4. The monoisotopic (exact) mass is 416 g/mol. The Morgan fingerprint density at radius 2 is 2.20 bits per heavy atom. The van der Waals surface area contributed by atoms with Crippen LogP contribution in [0.5, 0.6) is 0 Å². The van der Waals surface area contributed by atoms with Crippen LogP contribution in [-0.4, -0.2) is 57.7 Å². The van der Waals surface area contributed by atoms with Crippen LogP contribution in [0.25, 0.3) is 5.52 Å². The molecular weight excluding hydrogens is 396 g/mol. The zero-order chi connectivity index (χ0) is 21.6. The lowest BCUT2D eigenvalue weighted by atomic mass is 9.92. The molecule has 0 aliphatic carbocycles. The molecule has 4 rings (SSSR count). The first-order chi connectivity index (χ1) is 14.3. The van der Waals surface area contributed by atoms with Gasteiger partial charge in [-0.1, -0.05) is 13.8 Å². The van der Waals surface area contributed by atoms with Gasteiger partial charge in [0.25, 0.3) is 0 Å². The van der Waals surface area contributed by atoms with E-state index in [0.29, 0.717) is 5.52 Å². The van der Waals surface area contributed by atoms with Crippen LogP contribution >= 0.6 is 0 Å². The van der Waals surface area contributed by atoms with Crippen molar-refractivity contribution in [1.82, 2.24) is 14.6 Å². The summed E-state index contributed by atoms with van der Waals surface area (Å²) in [7, 11) is 0. The molecule has 2 aromatic heterocycles. The minimum atomic E-state index is -1.76. The number of hydrogen-bond donors (Lipinski definition) is 2. The van der Waals surface area contributed by atoms with E-state index >= 15 is 0 Å². The molecule has 158 valence electrons. The average Bonchev–Trinajstić information content (AvgIpc) is 3.39. The summed E-state index contributed by atoms with van der Waals surface area (Å²) in [6.07, 6.45) is -2.74. The Balaban J connectivity index is 1.67. The lowest BCUT2D eigenvalue weighted by Crippen LogP contribution is -2.40. The third-order valence-electron chi connectivity index (χ3n) is 5.27. The van der Waals surface area contributed by atoms with Crippen LogP contribution in [-0.2, 0) is 29.3 Å². The van der Waals surface area contributed by atoms with Crippen molar-refractivity contribution in [3.8, 4) is 6.07 Å². The number of hydrogen-bond acceptors (Lipinski definition) is 11. The van der Waals surface area contributed by atoms with Gasteiger partial charge in [-0.2, -0.15) is 10.4 Å². The second-order valence-electron chi connectivity index (χ2n) is 7.44. The van der Waals surface area contributed by atoms with Gasteiger partial charge in [-0.3, -0.25) is 4.79 Å². The number of aromatic nitrogens is 3. The van der Waals surface area contributed by atoms with Gasteiger partial charge in [0.2, 0.25) is 5.60 Å². The first-order valence-corrected chi connectivity index (χ1v) is 9.25. The van der Waals surface area contributed by atoms with Crippen LogP contribution in [0.4, 0.5) is 10.6 Å². The number of carbonyl (C=O) groups excluding carboxylic acids is 2. The van der Waals surface area contributed by atoms with Crippen LogP contribution in [0.1, 0.15) is 19.5 Å². The summed E-state index contributed by atoms with van der Waals surface area (Å²) < 4.78 is 23.1. The molecule has 12 nitrogen and oxygen atoms in total. The summed E-state index contributed by atoms with van der Waals surface area (Å²) in [6.45, 7) is 3.29. The smallest absolute Gasteiger partial charge is 0.462 e. The molecule has 0 spiro atoms. The summed E-state index contributed by atoms with van der Waals surface area (Å²) in [5.41, 5.74) is 10.6. The molecule has 30 heavy (non-hydrogen) atoms. The van der Waals surface area contributed by atoms with Gasteiger partial charge >= 0.3 is 12.1 Å². The maximum Gasteiger partial charge on any atom is 0.509 e. The Morgan fingerprint density at radius 3 is 2.90 bits per heavy atom. The summed E-state index contributed by atoms with van der Waals surface area (Å²) in [5.74, 6) is -0.553. The molecule has 1 unspecified atom stereocenters. The van der Waals surface area contributed by atoms with Crippen molar-refractivity contribution in [2.75, 3.05) is 12.3 Å². The maximum absolute atomic E-state index is 12.1. The molecule has 0 amide bonds. The number of ether oxygens (including phenoxy) is 4. The number of anilines is 1. The Labute approximate surface area is 170 Å². The predicted octanol–water partition coefficient (Wildman–Crippen LogP) is -0.140. The van der Waals surface area contributed by atoms with Gasteiger partial charge in [-0.15, -0.1) is 0 Å². The van der Waals surface area contributed by atoms with Gasteiger partial charge < -0.3 is 30.4 Å². The molecule has 2 aliphatic heterocycles. The topological polar surface area (TPSA) is 177 Å². The van der Waals surface area contributed by atoms with Crippen molar-refractivity contribution in [3.05, 3.63) is 24.2 Å². The first kappa shape index (κ1) is 19.9. The van der Waals surface area contributed by atoms with E-state index in [1.165, 1.54) is 10.8 Å². The Bertz CT molecular complexity index is 1050. The fraction of sp³-hybridized carbons (Fsp3) is 0.500. The standard InChI is InChI=1S/C18H20N6O6/c1-8(2)12(20)16(25)27-5-10-13-14(29-17(26)28-13)18(6-19,30-10)11-4-3-9-15(21)22-7-23-24(9)11/h3-4,7-8,10,12-14H,5,20H2,1-2H3,(H2,21,22,23)/t10-,12?,13-,14-,18+/m1/s1. The Morgan fingerprint density at radius 1 is 1.43 bits per heavy atom. The van der Waals surface area contributed by atoms with Gasteiger partial charge in [0.15, 0.2) is 18.0 Å². The average molecular weight is 416 g/mol. The van der Waals surface area contributed by atoms with E-state index in [-0.39, 0.29) is 24.0 Å². The Hall–Kier alpha value is -3.43. The third-order valence-corrected chi connectivity index (χ3v) is 5.27. The second kappa shape index (κ2) is 7.12. The van der Waals surface area contributed by atoms with Crippen LogP contribution in [0.3, 0.4) is 0 Å². The van der Waals surface area contributed by atoms with Crippen molar-refractivity contribution >= 4 is 23.5 Å². The molecule has 2 saturated heterocycles. The minimum absolute atomic E-state index is 0.127. The second-order valence-corrected chi connectivity index (χ2v) is 7.44. The fourth-order valence-corrected chi connectivity index (χ4v) is 3.58. The van der Waals surface area contributed by atoms with Crippen LogP contribution < -0.4 is 11.5 Å². The van der Waals surface area contributed by atoms with Crippen molar-refractivity contribution in [2.45, 2.75) is 43.8 Å². The minimum Gasteiger partial charge on any atom is -0.462 e. The van der Waals surface area contributed by atoms with Gasteiger partial charge in [-0.05, 0) is 18.1 Å². The van der Waals surface area contributed by atoms with Crippen LogP contribution in [0, 0.1) is 17.2 Å². The Kier molecular flexibility index (Phi) is 4.71. The van der Waals surface area contributed by atoms with Gasteiger partial charge in [-0.25, -0.2) is 14.3 Å². The van der Waals surface area contributed by atoms with E-state index in [1.54, 1.807) is 26.0 Å². The molecule has 0 saturated carbocycles. The van der Waals surface area contributed by atoms with Gasteiger partial charge in [0.1, 0.15) is 36.7 Å². The normalized spacial score (nSPS) is 28.6. The summed E-state index contributed by atoms with van der Waals surface area (Å²) in [5, 5.41) is 14.2. The largest absolute Gasteiger partial charge is 0.509 e. The molecule has 4 N–H and O–H groups in total. The molecule has 12 heteroatoms. The lowest BCUT2D eigenvalue weighted by molar-refractivity contribution is -0.154. The number of rotatable bonds is 5. The third kappa shape index (κ3) is 2.90. The molecule has 0 bridgehead atoms.